The molecule has 0 aliphatic carbocycles. The largest absolute Gasteiger partial charge is 0.369 e. The number of nitrogens with zero attached hydrogens (tertiary/aromatic N) is 3. The summed E-state index contributed by atoms with van der Waals surface area (Å²) in [4.78, 5) is 11.0. The summed E-state index contributed by atoms with van der Waals surface area (Å²) >= 11 is 1.15. The van der Waals surface area contributed by atoms with Gasteiger partial charge in [0.05, 0.1) is 18.6 Å². The van der Waals surface area contributed by atoms with E-state index in [9.17, 15) is 13.2 Å². The fourth-order valence-electron chi connectivity index (χ4n) is 1.79. The van der Waals surface area contributed by atoms with Gasteiger partial charge in [0, 0.05) is 5.69 Å². The molecule has 0 atom stereocenters. The van der Waals surface area contributed by atoms with Crippen LogP contribution in [-0.2, 0) is 21.4 Å². The fraction of sp³-hybridized carbons (Fsp3) is 0.308. The number of sulfonamides is 1. The lowest BCUT2D eigenvalue weighted by Gasteiger charge is -2.10. The van der Waals surface area contributed by atoms with Gasteiger partial charge in [-0.1, -0.05) is 29.5 Å². The van der Waals surface area contributed by atoms with Crippen LogP contribution >= 0.6 is 11.8 Å². The van der Waals surface area contributed by atoms with Crippen LogP contribution in [0.25, 0.3) is 5.69 Å². The van der Waals surface area contributed by atoms with Crippen molar-refractivity contribution in [2.45, 2.75) is 18.6 Å². The number of aromatic nitrogens is 3. The van der Waals surface area contributed by atoms with Gasteiger partial charge in [-0.3, -0.25) is 9.36 Å². The van der Waals surface area contributed by atoms with Gasteiger partial charge in [-0.15, -0.1) is 10.2 Å². The number of rotatable bonds is 7. The van der Waals surface area contributed by atoms with Crippen LogP contribution in [0.1, 0.15) is 11.4 Å². The number of hydrogen-bond acceptors (Lipinski definition) is 6. The molecule has 0 bridgehead atoms. The molecule has 1 aromatic carbocycles. The topological polar surface area (TPSA) is 120 Å². The summed E-state index contributed by atoms with van der Waals surface area (Å²) in [5.41, 5.74) is 7.03. The van der Waals surface area contributed by atoms with E-state index >= 15 is 0 Å². The third-order valence-corrected chi connectivity index (χ3v) is 4.45. The van der Waals surface area contributed by atoms with Gasteiger partial charge < -0.3 is 5.73 Å². The molecule has 23 heavy (non-hydrogen) atoms. The van der Waals surface area contributed by atoms with E-state index in [1.807, 2.05) is 31.2 Å². The van der Waals surface area contributed by atoms with Crippen molar-refractivity contribution in [3.05, 3.63) is 35.7 Å². The Kier molecular flexibility index (Phi) is 5.39. The number of aryl methyl sites for hydroxylation is 1. The lowest BCUT2D eigenvalue weighted by molar-refractivity contribution is -0.115. The van der Waals surface area contributed by atoms with Crippen molar-refractivity contribution in [3.63, 3.8) is 0 Å². The number of hydrogen-bond donors (Lipinski definition) is 2. The summed E-state index contributed by atoms with van der Waals surface area (Å²) in [6.45, 7) is 1.96. The number of nitrogens with one attached hydrogen (secondary N) is 1. The lowest BCUT2D eigenvalue weighted by atomic mass is 10.2. The second-order valence-corrected chi connectivity index (χ2v) is 7.69. The van der Waals surface area contributed by atoms with E-state index in [-0.39, 0.29) is 12.3 Å². The Morgan fingerprint density at radius 1 is 1.30 bits per heavy atom. The number of primary amides is 1. The molecular formula is C13H17N5O3S2. The van der Waals surface area contributed by atoms with Crippen LogP contribution in [0.2, 0.25) is 0 Å². The number of nitrogens with two attached hydrogens (primary N) is 1. The molecule has 124 valence electrons. The van der Waals surface area contributed by atoms with Crippen LogP contribution in [0.3, 0.4) is 0 Å². The highest BCUT2D eigenvalue weighted by atomic mass is 32.2. The average Bonchev–Trinajstić information content (AvgIpc) is 2.86. The second-order valence-electron chi connectivity index (χ2n) is 4.92. The first-order chi connectivity index (χ1) is 10.8. The molecule has 0 aliphatic heterocycles. The quantitative estimate of drug-likeness (QED) is 0.685. The van der Waals surface area contributed by atoms with Crippen molar-refractivity contribution in [2.75, 3.05) is 12.0 Å². The van der Waals surface area contributed by atoms with Crippen molar-refractivity contribution in [1.29, 1.82) is 0 Å². The summed E-state index contributed by atoms with van der Waals surface area (Å²) < 4.78 is 26.7. The normalized spacial score (nSPS) is 11.6. The van der Waals surface area contributed by atoms with Crippen LogP contribution < -0.4 is 10.5 Å². The van der Waals surface area contributed by atoms with E-state index in [2.05, 4.69) is 14.9 Å². The van der Waals surface area contributed by atoms with Crippen molar-refractivity contribution < 1.29 is 13.2 Å². The van der Waals surface area contributed by atoms with Gasteiger partial charge >= 0.3 is 0 Å². The maximum atomic E-state index is 11.3. The molecule has 1 amide bonds. The maximum Gasteiger partial charge on any atom is 0.227 e. The number of amides is 1. The van der Waals surface area contributed by atoms with Crippen LogP contribution in [0.4, 0.5) is 0 Å². The number of thioether (sulfide) groups is 1. The molecular weight excluding hydrogens is 338 g/mol. The molecule has 0 fully saturated rings. The van der Waals surface area contributed by atoms with E-state index in [0.717, 1.165) is 29.3 Å². The average molecular weight is 355 g/mol. The first kappa shape index (κ1) is 17.4. The standard InChI is InChI=1S/C13H17N5O3S2/c1-9-3-5-10(6-4-9)18-12(7-15-23(2,20)21)16-17-13(18)22-8-11(14)19/h3-6,15H,7-8H2,1-2H3,(H2,14,19). The molecule has 0 saturated heterocycles. The summed E-state index contributed by atoms with van der Waals surface area (Å²) in [7, 11) is -3.36. The fourth-order valence-corrected chi connectivity index (χ4v) is 2.89. The van der Waals surface area contributed by atoms with E-state index < -0.39 is 15.9 Å². The highest BCUT2D eigenvalue weighted by molar-refractivity contribution is 7.99. The highest BCUT2D eigenvalue weighted by Crippen LogP contribution is 2.22. The van der Waals surface area contributed by atoms with Gasteiger partial charge in [0.15, 0.2) is 11.0 Å². The Labute approximate surface area is 138 Å². The van der Waals surface area contributed by atoms with Gasteiger partial charge in [0.2, 0.25) is 15.9 Å². The molecule has 3 N–H and O–H groups in total. The Hall–Kier alpha value is -1.91. The molecule has 0 spiro atoms. The van der Waals surface area contributed by atoms with Crippen molar-refractivity contribution in [1.82, 2.24) is 19.5 Å². The Morgan fingerprint density at radius 3 is 2.52 bits per heavy atom. The summed E-state index contributed by atoms with van der Waals surface area (Å²) in [6.07, 6.45) is 1.07. The Balaban J connectivity index is 2.38. The maximum absolute atomic E-state index is 11.3. The van der Waals surface area contributed by atoms with Crippen molar-refractivity contribution in [3.8, 4) is 5.69 Å². The molecule has 0 saturated carbocycles. The zero-order chi connectivity index (χ0) is 17.0. The zero-order valence-electron chi connectivity index (χ0n) is 12.7. The van der Waals surface area contributed by atoms with E-state index in [4.69, 9.17) is 5.73 Å². The van der Waals surface area contributed by atoms with Crippen LogP contribution in [0.5, 0.6) is 0 Å². The molecule has 10 heteroatoms. The first-order valence-electron chi connectivity index (χ1n) is 6.63. The molecule has 2 rings (SSSR count). The first-order valence-corrected chi connectivity index (χ1v) is 9.51. The van der Waals surface area contributed by atoms with Crippen molar-refractivity contribution in [2.24, 2.45) is 5.73 Å². The molecule has 0 radical (unpaired) electrons. The van der Waals surface area contributed by atoms with E-state index in [1.54, 1.807) is 4.57 Å². The number of carbonyl (C=O) groups is 1. The minimum absolute atomic E-state index is 0.00313. The smallest absolute Gasteiger partial charge is 0.227 e. The van der Waals surface area contributed by atoms with Gasteiger partial charge in [0.1, 0.15) is 0 Å². The molecule has 0 aliphatic rings. The van der Waals surface area contributed by atoms with Crippen LogP contribution in [0, 0.1) is 6.92 Å². The highest BCUT2D eigenvalue weighted by Gasteiger charge is 2.16. The predicted octanol–water partition coefficient (Wildman–Crippen LogP) is 0.202. The molecule has 1 heterocycles. The van der Waals surface area contributed by atoms with Crippen LogP contribution in [0.15, 0.2) is 29.4 Å². The summed E-state index contributed by atoms with van der Waals surface area (Å²) in [5.74, 6) is 0.0132. The Morgan fingerprint density at radius 2 is 1.96 bits per heavy atom. The number of carbonyl (C=O) groups excluding carboxylic acids is 1. The van der Waals surface area contributed by atoms with E-state index in [0.29, 0.717) is 11.0 Å². The van der Waals surface area contributed by atoms with E-state index in [1.165, 1.54) is 0 Å². The molecule has 8 nitrogen and oxygen atoms in total. The van der Waals surface area contributed by atoms with Crippen LogP contribution in [-0.4, -0.2) is 41.1 Å². The third kappa shape index (κ3) is 5.05. The van der Waals surface area contributed by atoms with Gasteiger partial charge in [-0.25, -0.2) is 13.1 Å². The minimum atomic E-state index is -3.36. The molecule has 1 aromatic heterocycles. The SMILES string of the molecule is Cc1ccc(-n2c(CNS(C)(=O)=O)nnc2SCC(N)=O)cc1. The minimum Gasteiger partial charge on any atom is -0.369 e. The zero-order valence-corrected chi connectivity index (χ0v) is 14.3. The summed E-state index contributed by atoms with van der Waals surface area (Å²) in [5, 5.41) is 8.50. The number of benzene rings is 1. The lowest BCUT2D eigenvalue weighted by Crippen LogP contribution is -2.23. The van der Waals surface area contributed by atoms with Gasteiger partial charge in [0.25, 0.3) is 0 Å². The predicted molar refractivity (Wildman–Crippen MR) is 87.7 cm³/mol. The van der Waals surface area contributed by atoms with Gasteiger partial charge in [-0.05, 0) is 19.1 Å². The second kappa shape index (κ2) is 7.11. The Bertz CT molecular complexity index is 800. The monoisotopic (exact) mass is 355 g/mol. The molecule has 2 aromatic rings. The summed E-state index contributed by atoms with van der Waals surface area (Å²) in [6, 6.07) is 7.59. The third-order valence-electron chi connectivity index (χ3n) is 2.83. The van der Waals surface area contributed by atoms with Gasteiger partial charge in [-0.2, -0.15) is 0 Å². The molecule has 0 unspecified atom stereocenters. The van der Waals surface area contributed by atoms with Crippen molar-refractivity contribution >= 4 is 27.7 Å².